The third-order valence-corrected chi connectivity index (χ3v) is 4.12. The molecular formula is C20H31N5O2. The summed E-state index contributed by atoms with van der Waals surface area (Å²) in [6.45, 7) is 10.4. The Morgan fingerprint density at radius 1 is 1.26 bits per heavy atom. The molecule has 0 amide bonds. The lowest BCUT2D eigenvalue weighted by Gasteiger charge is -2.12. The van der Waals surface area contributed by atoms with Gasteiger partial charge in [0.1, 0.15) is 5.75 Å². The molecule has 0 fully saturated rings. The van der Waals surface area contributed by atoms with Crippen LogP contribution in [0.1, 0.15) is 49.5 Å². The molecule has 0 spiro atoms. The number of hydrogen-bond donors (Lipinski definition) is 2. The second-order valence-electron chi connectivity index (χ2n) is 6.69. The fraction of sp³-hybridized carbons (Fsp3) is 0.550. The summed E-state index contributed by atoms with van der Waals surface area (Å²) in [5.74, 6) is 3.36. The summed E-state index contributed by atoms with van der Waals surface area (Å²) in [7, 11) is 1.70. The lowest BCUT2D eigenvalue weighted by molar-refractivity contribution is 0.372. The predicted molar refractivity (Wildman–Crippen MR) is 108 cm³/mol. The maximum Gasteiger partial charge on any atom is 0.228 e. The first-order valence-corrected chi connectivity index (χ1v) is 9.51. The standard InChI is InChI=1S/C20H31N5O2/c1-6-21-20(23-12-10-18-24-19(14(2)3)25-27-18)22-11-9-16-8-7-15(4)17(13-16)26-5/h7-8,13-14H,6,9-12H2,1-5H3,(H2,21,22,23). The van der Waals surface area contributed by atoms with Gasteiger partial charge in [-0.1, -0.05) is 31.1 Å². The van der Waals surface area contributed by atoms with Crippen molar-refractivity contribution in [3.8, 4) is 5.75 Å². The number of methoxy groups -OCH3 is 1. The van der Waals surface area contributed by atoms with E-state index in [1.54, 1.807) is 7.11 Å². The average molecular weight is 374 g/mol. The molecule has 1 aromatic carbocycles. The molecule has 0 unspecified atom stereocenters. The molecule has 7 nitrogen and oxygen atoms in total. The van der Waals surface area contributed by atoms with E-state index in [1.165, 1.54) is 5.56 Å². The molecular weight excluding hydrogens is 342 g/mol. The summed E-state index contributed by atoms with van der Waals surface area (Å²) in [4.78, 5) is 8.96. The van der Waals surface area contributed by atoms with Crippen molar-refractivity contribution >= 4 is 5.96 Å². The Bertz CT molecular complexity index is 740. The van der Waals surface area contributed by atoms with Crippen molar-refractivity contribution in [2.45, 2.75) is 46.5 Å². The van der Waals surface area contributed by atoms with Gasteiger partial charge in [0.2, 0.25) is 5.89 Å². The van der Waals surface area contributed by atoms with E-state index >= 15 is 0 Å². The monoisotopic (exact) mass is 373 g/mol. The van der Waals surface area contributed by atoms with E-state index in [-0.39, 0.29) is 5.92 Å². The number of hydrogen-bond acceptors (Lipinski definition) is 5. The molecule has 0 saturated heterocycles. The van der Waals surface area contributed by atoms with Gasteiger partial charge in [-0.3, -0.25) is 4.99 Å². The molecule has 0 radical (unpaired) electrons. The highest BCUT2D eigenvalue weighted by Crippen LogP contribution is 2.19. The Balaban J connectivity index is 1.84. The van der Waals surface area contributed by atoms with Crippen LogP contribution in [0, 0.1) is 6.92 Å². The van der Waals surface area contributed by atoms with Gasteiger partial charge in [-0.2, -0.15) is 4.98 Å². The third kappa shape index (κ3) is 6.58. The first-order valence-electron chi connectivity index (χ1n) is 9.51. The minimum atomic E-state index is 0.269. The molecule has 1 heterocycles. The summed E-state index contributed by atoms with van der Waals surface area (Å²) >= 11 is 0. The van der Waals surface area contributed by atoms with Crippen molar-refractivity contribution < 1.29 is 9.26 Å². The van der Waals surface area contributed by atoms with Crippen molar-refractivity contribution in [3.63, 3.8) is 0 Å². The van der Waals surface area contributed by atoms with Crippen LogP contribution in [0.15, 0.2) is 27.7 Å². The van der Waals surface area contributed by atoms with Gasteiger partial charge in [0.05, 0.1) is 13.7 Å². The SMILES string of the molecule is CCNC(=NCCc1nc(C(C)C)no1)NCCc1ccc(C)c(OC)c1. The van der Waals surface area contributed by atoms with E-state index in [0.29, 0.717) is 18.9 Å². The van der Waals surface area contributed by atoms with E-state index < -0.39 is 0 Å². The van der Waals surface area contributed by atoms with Crippen molar-refractivity contribution in [1.29, 1.82) is 0 Å². The Morgan fingerprint density at radius 3 is 2.74 bits per heavy atom. The highest BCUT2D eigenvalue weighted by atomic mass is 16.5. The average Bonchev–Trinajstić information content (AvgIpc) is 3.12. The van der Waals surface area contributed by atoms with E-state index in [9.17, 15) is 0 Å². The van der Waals surface area contributed by atoms with Gasteiger partial charge in [0.25, 0.3) is 0 Å². The molecule has 0 bridgehead atoms. The molecule has 0 atom stereocenters. The Kier molecular flexibility index (Phi) is 8.10. The molecule has 1 aromatic heterocycles. The van der Waals surface area contributed by atoms with Gasteiger partial charge in [-0.15, -0.1) is 0 Å². The lowest BCUT2D eigenvalue weighted by Crippen LogP contribution is -2.38. The lowest BCUT2D eigenvalue weighted by atomic mass is 10.1. The Hall–Kier alpha value is -2.57. The number of ether oxygens (including phenoxy) is 1. The number of rotatable bonds is 9. The molecule has 0 saturated carbocycles. The number of nitrogens with zero attached hydrogens (tertiary/aromatic N) is 3. The van der Waals surface area contributed by atoms with Crippen LogP contribution in [-0.2, 0) is 12.8 Å². The van der Waals surface area contributed by atoms with Crippen molar-refractivity contribution in [3.05, 3.63) is 41.0 Å². The van der Waals surface area contributed by atoms with Gasteiger partial charge in [-0.05, 0) is 37.5 Å². The van der Waals surface area contributed by atoms with Crippen LogP contribution in [0.4, 0.5) is 0 Å². The fourth-order valence-electron chi connectivity index (χ4n) is 2.55. The number of aliphatic imine (C=N–C) groups is 1. The van der Waals surface area contributed by atoms with Gasteiger partial charge in [0.15, 0.2) is 11.8 Å². The summed E-state index contributed by atoms with van der Waals surface area (Å²) in [6, 6.07) is 6.30. The smallest absolute Gasteiger partial charge is 0.228 e. The number of nitrogens with one attached hydrogen (secondary N) is 2. The first-order chi connectivity index (χ1) is 13.0. The van der Waals surface area contributed by atoms with Crippen LogP contribution < -0.4 is 15.4 Å². The number of guanidine groups is 1. The van der Waals surface area contributed by atoms with E-state index in [4.69, 9.17) is 9.26 Å². The van der Waals surface area contributed by atoms with Crippen LogP contribution in [-0.4, -0.2) is 42.8 Å². The quantitative estimate of drug-likeness (QED) is 0.519. The van der Waals surface area contributed by atoms with Crippen LogP contribution in [0.5, 0.6) is 5.75 Å². The Morgan fingerprint density at radius 2 is 2.07 bits per heavy atom. The maximum absolute atomic E-state index is 5.39. The van der Waals surface area contributed by atoms with Gasteiger partial charge in [0, 0.05) is 25.4 Å². The Labute approximate surface area is 161 Å². The van der Waals surface area contributed by atoms with Crippen LogP contribution in [0.2, 0.25) is 0 Å². The number of aryl methyl sites for hydroxylation is 1. The third-order valence-electron chi connectivity index (χ3n) is 4.12. The molecule has 0 aliphatic rings. The van der Waals surface area contributed by atoms with Crippen LogP contribution in [0.25, 0.3) is 0 Å². The molecule has 2 aromatic rings. The van der Waals surface area contributed by atoms with Gasteiger partial charge in [-0.25, -0.2) is 0 Å². The minimum Gasteiger partial charge on any atom is -0.496 e. The zero-order chi connectivity index (χ0) is 19.6. The van der Waals surface area contributed by atoms with Crippen molar-refractivity contribution in [2.75, 3.05) is 26.7 Å². The molecule has 148 valence electrons. The van der Waals surface area contributed by atoms with Crippen LogP contribution in [0.3, 0.4) is 0 Å². The van der Waals surface area contributed by atoms with Crippen LogP contribution >= 0.6 is 0 Å². The maximum atomic E-state index is 5.39. The highest BCUT2D eigenvalue weighted by molar-refractivity contribution is 5.79. The molecule has 2 rings (SSSR count). The zero-order valence-corrected chi connectivity index (χ0v) is 17.0. The molecule has 27 heavy (non-hydrogen) atoms. The minimum absolute atomic E-state index is 0.269. The van der Waals surface area contributed by atoms with E-state index in [0.717, 1.165) is 42.6 Å². The predicted octanol–water partition coefficient (Wildman–Crippen LogP) is 2.85. The molecule has 7 heteroatoms. The number of aromatic nitrogens is 2. The number of benzene rings is 1. The molecule has 0 aliphatic heterocycles. The van der Waals surface area contributed by atoms with Gasteiger partial charge >= 0.3 is 0 Å². The summed E-state index contributed by atoms with van der Waals surface area (Å²) in [6.07, 6.45) is 1.52. The fourth-order valence-corrected chi connectivity index (χ4v) is 2.55. The van der Waals surface area contributed by atoms with E-state index in [2.05, 4.69) is 50.9 Å². The highest BCUT2D eigenvalue weighted by Gasteiger charge is 2.09. The summed E-state index contributed by atoms with van der Waals surface area (Å²) in [5, 5.41) is 10.6. The summed E-state index contributed by atoms with van der Waals surface area (Å²) in [5.41, 5.74) is 2.37. The zero-order valence-electron chi connectivity index (χ0n) is 17.0. The normalized spacial score (nSPS) is 11.7. The second kappa shape index (κ2) is 10.5. The van der Waals surface area contributed by atoms with Crippen molar-refractivity contribution in [2.24, 2.45) is 4.99 Å². The van der Waals surface area contributed by atoms with Gasteiger partial charge < -0.3 is 19.9 Å². The van der Waals surface area contributed by atoms with Crippen molar-refractivity contribution in [1.82, 2.24) is 20.8 Å². The topological polar surface area (TPSA) is 84.6 Å². The summed E-state index contributed by atoms with van der Waals surface area (Å²) < 4.78 is 10.6. The first kappa shape index (κ1) is 20.7. The molecule has 2 N–H and O–H groups in total. The largest absolute Gasteiger partial charge is 0.496 e. The molecule has 0 aliphatic carbocycles. The second-order valence-corrected chi connectivity index (χ2v) is 6.69. The van der Waals surface area contributed by atoms with E-state index in [1.807, 2.05) is 20.8 Å².